The fourth-order valence-electron chi connectivity index (χ4n) is 4.78. The van der Waals surface area contributed by atoms with Crippen molar-refractivity contribution >= 4 is 29.1 Å². The maximum atomic E-state index is 13.1. The first-order chi connectivity index (χ1) is 17.0. The highest BCUT2D eigenvalue weighted by Crippen LogP contribution is 2.33. The van der Waals surface area contributed by atoms with E-state index >= 15 is 0 Å². The van der Waals surface area contributed by atoms with Gasteiger partial charge in [-0.05, 0) is 42.8 Å². The molecule has 5 rings (SSSR count). The van der Waals surface area contributed by atoms with Gasteiger partial charge in [0.15, 0.2) is 0 Å². The normalized spacial score (nSPS) is 16.3. The van der Waals surface area contributed by atoms with Crippen molar-refractivity contribution in [1.29, 1.82) is 0 Å². The zero-order chi connectivity index (χ0) is 24.4. The minimum atomic E-state index is -0.213. The van der Waals surface area contributed by atoms with Crippen molar-refractivity contribution in [2.24, 2.45) is 0 Å². The number of nitrogens with zero attached hydrogens (tertiary/aromatic N) is 3. The Hall–Kier alpha value is -3.13. The summed E-state index contributed by atoms with van der Waals surface area (Å²) in [6.07, 6.45) is 0.627. The second kappa shape index (κ2) is 10.2. The summed E-state index contributed by atoms with van der Waals surface area (Å²) in [5.41, 5.74) is 2.83. The number of halogens is 1. The number of hydrogen-bond donors (Lipinski definition) is 0. The van der Waals surface area contributed by atoms with E-state index < -0.39 is 0 Å². The van der Waals surface area contributed by atoms with Gasteiger partial charge in [-0.3, -0.25) is 19.4 Å². The largest absolute Gasteiger partial charge is 0.460 e. The molecular weight excluding hydrogens is 466 g/mol. The fraction of sp³-hybridized carbons (Fsp3) is 0.333. The molecule has 0 radical (unpaired) electrons. The summed E-state index contributed by atoms with van der Waals surface area (Å²) in [6, 6.07) is 17.2. The first-order valence-corrected chi connectivity index (χ1v) is 12.2. The van der Waals surface area contributed by atoms with Gasteiger partial charge in [-0.15, -0.1) is 0 Å². The molecule has 2 aromatic carbocycles. The van der Waals surface area contributed by atoms with Crippen LogP contribution >= 0.6 is 11.6 Å². The summed E-state index contributed by atoms with van der Waals surface area (Å²) in [7, 11) is 1.62. The number of imide groups is 1. The van der Waals surface area contributed by atoms with Crippen LogP contribution in [0, 0.1) is 0 Å². The molecule has 0 saturated carbocycles. The van der Waals surface area contributed by atoms with Crippen molar-refractivity contribution in [3.63, 3.8) is 0 Å². The highest BCUT2D eigenvalue weighted by atomic mass is 35.5. The van der Waals surface area contributed by atoms with Crippen LogP contribution in [0.4, 0.5) is 5.69 Å². The number of hydrogen-bond acceptors (Lipinski definition) is 6. The molecular formula is C27H28ClN3O4. The third kappa shape index (κ3) is 4.85. The molecule has 0 bridgehead atoms. The molecule has 2 aliphatic rings. The molecule has 0 spiro atoms. The first-order valence-electron chi connectivity index (χ1n) is 11.9. The predicted octanol–water partition coefficient (Wildman–Crippen LogP) is 4.55. The first kappa shape index (κ1) is 23.6. The van der Waals surface area contributed by atoms with Crippen LogP contribution in [-0.4, -0.2) is 68.1 Å². The van der Waals surface area contributed by atoms with Gasteiger partial charge in [-0.1, -0.05) is 29.8 Å². The Bertz CT molecular complexity index is 1230. The summed E-state index contributed by atoms with van der Waals surface area (Å²) >= 11 is 6.11. The van der Waals surface area contributed by atoms with Crippen molar-refractivity contribution in [3.8, 4) is 11.3 Å². The van der Waals surface area contributed by atoms with E-state index in [2.05, 4.69) is 9.80 Å². The van der Waals surface area contributed by atoms with E-state index in [1.807, 2.05) is 48.5 Å². The Morgan fingerprint density at radius 3 is 2.54 bits per heavy atom. The molecule has 2 amide bonds. The number of rotatable bonds is 8. The minimum Gasteiger partial charge on any atom is -0.460 e. The number of methoxy groups -OCH3 is 1. The maximum Gasteiger partial charge on any atom is 0.263 e. The van der Waals surface area contributed by atoms with Gasteiger partial charge in [0, 0.05) is 57.0 Å². The molecule has 7 nitrogen and oxygen atoms in total. The number of carbonyl (C=O) groups excluding carboxylic acids is 2. The minimum absolute atomic E-state index is 0.205. The van der Waals surface area contributed by atoms with Crippen molar-refractivity contribution in [2.45, 2.75) is 13.0 Å². The number of furan rings is 1. The van der Waals surface area contributed by atoms with Gasteiger partial charge in [0.05, 0.1) is 23.4 Å². The van der Waals surface area contributed by atoms with Gasteiger partial charge in [0.1, 0.15) is 11.5 Å². The van der Waals surface area contributed by atoms with Crippen LogP contribution in [0.15, 0.2) is 59.0 Å². The average Bonchev–Trinajstić information content (AvgIpc) is 3.43. The Morgan fingerprint density at radius 2 is 1.77 bits per heavy atom. The van der Waals surface area contributed by atoms with Gasteiger partial charge in [-0.2, -0.15) is 0 Å². The second-order valence-electron chi connectivity index (χ2n) is 8.85. The number of anilines is 1. The van der Waals surface area contributed by atoms with Gasteiger partial charge in [0.25, 0.3) is 11.8 Å². The molecule has 3 heterocycles. The fourth-order valence-corrected chi connectivity index (χ4v) is 4.97. The lowest BCUT2D eigenvalue weighted by Crippen LogP contribution is -2.46. The summed E-state index contributed by atoms with van der Waals surface area (Å²) in [5, 5.41) is 0.683. The summed E-state index contributed by atoms with van der Waals surface area (Å²) < 4.78 is 11.1. The third-order valence-electron chi connectivity index (χ3n) is 6.57. The quantitative estimate of drug-likeness (QED) is 0.338. The molecule has 0 N–H and O–H groups in total. The van der Waals surface area contributed by atoms with Gasteiger partial charge in [-0.25, -0.2) is 0 Å². The Balaban J connectivity index is 1.23. The molecule has 8 heteroatoms. The summed E-state index contributed by atoms with van der Waals surface area (Å²) in [6.45, 7) is 4.79. The third-order valence-corrected chi connectivity index (χ3v) is 6.81. The van der Waals surface area contributed by atoms with Crippen LogP contribution in [0.25, 0.3) is 11.3 Å². The van der Waals surface area contributed by atoms with E-state index in [9.17, 15) is 9.59 Å². The number of amides is 2. The van der Waals surface area contributed by atoms with Crippen molar-refractivity contribution in [2.75, 3.05) is 51.3 Å². The molecule has 35 heavy (non-hydrogen) atoms. The van der Waals surface area contributed by atoms with E-state index in [1.165, 1.54) is 4.90 Å². The van der Waals surface area contributed by atoms with Crippen molar-refractivity contribution in [1.82, 2.24) is 9.80 Å². The molecule has 0 atom stereocenters. The molecule has 1 fully saturated rings. The Labute approximate surface area is 209 Å². The number of carbonyl (C=O) groups is 2. The number of fused-ring (bicyclic) bond motifs is 1. The van der Waals surface area contributed by atoms with E-state index in [0.29, 0.717) is 42.3 Å². The Morgan fingerprint density at radius 1 is 0.971 bits per heavy atom. The van der Waals surface area contributed by atoms with E-state index in [1.54, 1.807) is 13.2 Å². The van der Waals surface area contributed by atoms with E-state index in [0.717, 1.165) is 49.0 Å². The highest BCUT2D eigenvalue weighted by molar-refractivity contribution is 6.30. The van der Waals surface area contributed by atoms with Crippen LogP contribution in [0.2, 0.25) is 5.02 Å². The van der Waals surface area contributed by atoms with Crippen LogP contribution in [0.1, 0.15) is 32.9 Å². The second-order valence-corrected chi connectivity index (χ2v) is 9.28. The van der Waals surface area contributed by atoms with Crippen molar-refractivity contribution < 1.29 is 18.7 Å². The van der Waals surface area contributed by atoms with E-state index in [4.69, 9.17) is 20.8 Å². The zero-order valence-corrected chi connectivity index (χ0v) is 20.5. The lowest BCUT2D eigenvalue weighted by molar-refractivity contribution is 0.0639. The number of piperazine rings is 1. The lowest BCUT2D eigenvalue weighted by atomic mass is 10.1. The SMILES string of the molecule is COCCCN1C(=O)c2cccc(N3CCN(Cc4ccc(-c5cccc(Cl)c5)o4)CC3)c2C1=O. The summed E-state index contributed by atoms with van der Waals surface area (Å²) in [5.74, 6) is 1.29. The van der Waals surface area contributed by atoms with Crippen LogP contribution < -0.4 is 4.90 Å². The lowest BCUT2D eigenvalue weighted by Gasteiger charge is -2.36. The van der Waals surface area contributed by atoms with Crippen LogP contribution in [-0.2, 0) is 11.3 Å². The smallest absolute Gasteiger partial charge is 0.263 e. The van der Waals surface area contributed by atoms with Gasteiger partial charge in [0.2, 0.25) is 0 Å². The van der Waals surface area contributed by atoms with Crippen LogP contribution in [0.3, 0.4) is 0 Å². The highest BCUT2D eigenvalue weighted by Gasteiger charge is 2.38. The zero-order valence-electron chi connectivity index (χ0n) is 19.7. The van der Waals surface area contributed by atoms with Crippen LogP contribution in [0.5, 0.6) is 0 Å². The molecule has 1 aromatic heterocycles. The summed E-state index contributed by atoms with van der Waals surface area (Å²) in [4.78, 5) is 31.8. The molecule has 3 aromatic rings. The Kier molecular flexibility index (Phi) is 6.90. The van der Waals surface area contributed by atoms with Gasteiger partial charge >= 0.3 is 0 Å². The molecule has 182 valence electrons. The average molecular weight is 494 g/mol. The number of benzene rings is 2. The maximum absolute atomic E-state index is 13.1. The molecule has 0 unspecified atom stereocenters. The standard InChI is InChI=1S/C27H28ClN3O4/c1-34-16-4-11-31-26(32)22-7-3-8-23(25(22)27(31)33)30-14-12-29(13-15-30)18-21-9-10-24(35-21)19-5-2-6-20(28)17-19/h2-3,5-10,17H,4,11-16,18H2,1H3. The predicted molar refractivity (Wildman–Crippen MR) is 135 cm³/mol. The molecule has 0 aliphatic carbocycles. The topological polar surface area (TPSA) is 66.2 Å². The molecule has 2 aliphatic heterocycles. The van der Waals surface area contributed by atoms with E-state index in [-0.39, 0.29) is 11.8 Å². The monoisotopic (exact) mass is 493 g/mol. The van der Waals surface area contributed by atoms with Gasteiger partial charge < -0.3 is 14.1 Å². The number of ether oxygens (including phenoxy) is 1. The molecule has 1 saturated heterocycles. The van der Waals surface area contributed by atoms with Crippen molar-refractivity contribution in [3.05, 3.63) is 76.5 Å².